The molecule has 27 heavy (non-hydrogen) atoms. The highest BCUT2D eigenvalue weighted by Gasteiger charge is 2.16. The Hall–Kier alpha value is -3.33. The number of primary amides is 1. The van der Waals surface area contributed by atoms with Gasteiger partial charge in [-0.3, -0.25) is 14.6 Å². The molecule has 4 N–H and O–H groups in total. The van der Waals surface area contributed by atoms with Gasteiger partial charge >= 0.3 is 0 Å². The SMILES string of the molecule is Cc1ccccc1-c1cc(NS(=O)(=O)c2ccc(OCC(N)=O)cc2)n[nH]1. The van der Waals surface area contributed by atoms with Crippen molar-refractivity contribution >= 4 is 21.7 Å². The number of carbonyl (C=O) groups is 1. The topological polar surface area (TPSA) is 127 Å². The molecule has 0 saturated carbocycles. The predicted octanol–water partition coefficient (Wildman–Crippen LogP) is 2.05. The fourth-order valence-corrected chi connectivity index (χ4v) is 3.45. The molecule has 0 aliphatic rings. The number of hydrogen-bond acceptors (Lipinski definition) is 5. The Morgan fingerprint density at radius 3 is 2.56 bits per heavy atom. The lowest BCUT2D eigenvalue weighted by Crippen LogP contribution is -2.20. The van der Waals surface area contributed by atoms with Crippen LogP contribution in [0.1, 0.15) is 5.56 Å². The van der Waals surface area contributed by atoms with Crippen LogP contribution in [0.2, 0.25) is 0 Å². The van der Waals surface area contributed by atoms with E-state index in [9.17, 15) is 13.2 Å². The first-order valence-corrected chi connectivity index (χ1v) is 9.49. The summed E-state index contributed by atoms with van der Waals surface area (Å²) in [5, 5.41) is 6.85. The fraction of sp³-hybridized carbons (Fsp3) is 0.111. The van der Waals surface area contributed by atoms with Crippen molar-refractivity contribution in [2.75, 3.05) is 11.3 Å². The van der Waals surface area contributed by atoms with Crippen LogP contribution in [0.5, 0.6) is 5.75 Å². The van der Waals surface area contributed by atoms with Crippen LogP contribution in [0.15, 0.2) is 59.5 Å². The van der Waals surface area contributed by atoms with E-state index in [0.29, 0.717) is 11.4 Å². The summed E-state index contributed by atoms with van der Waals surface area (Å²) in [4.78, 5) is 10.7. The molecule has 8 nitrogen and oxygen atoms in total. The molecule has 1 heterocycles. The first kappa shape index (κ1) is 18.5. The summed E-state index contributed by atoms with van der Waals surface area (Å²) in [5.74, 6) is -0.0898. The number of ether oxygens (including phenoxy) is 1. The van der Waals surface area contributed by atoms with Crippen molar-refractivity contribution in [3.8, 4) is 17.0 Å². The summed E-state index contributed by atoms with van der Waals surface area (Å²) in [6.45, 7) is 1.68. The molecule has 0 bridgehead atoms. The number of sulfonamides is 1. The smallest absolute Gasteiger partial charge is 0.263 e. The van der Waals surface area contributed by atoms with Gasteiger partial charge in [0.1, 0.15) is 5.75 Å². The summed E-state index contributed by atoms with van der Waals surface area (Å²) in [7, 11) is -3.82. The number of aromatic amines is 1. The monoisotopic (exact) mass is 386 g/mol. The minimum atomic E-state index is -3.82. The number of carbonyl (C=O) groups excluding carboxylic acids is 1. The van der Waals surface area contributed by atoms with Gasteiger partial charge < -0.3 is 10.5 Å². The average molecular weight is 386 g/mol. The first-order valence-electron chi connectivity index (χ1n) is 8.00. The second kappa shape index (κ2) is 7.50. The third kappa shape index (κ3) is 4.45. The number of hydrogen-bond donors (Lipinski definition) is 3. The minimum absolute atomic E-state index is 0.0365. The number of rotatable bonds is 7. The standard InChI is InChI=1S/C18H18N4O4S/c1-12-4-2-3-5-15(12)16-10-18(21-20-16)22-27(24,25)14-8-6-13(7-9-14)26-11-17(19)23/h2-10H,11H2,1H3,(H2,19,23)(H2,20,21,22). The average Bonchev–Trinajstić information content (AvgIpc) is 3.08. The van der Waals surface area contributed by atoms with Crippen molar-refractivity contribution < 1.29 is 17.9 Å². The summed E-state index contributed by atoms with van der Waals surface area (Å²) >= 11 is 0. The molecule has 0 saturated heterocycles. The van der Waals surface area contributed by atoms with E-state index in [4.69, 9.17) is 10.5 Å². The Balaban J connectivity index is 1.75. The fourth-order valence-electron chi connectivity index (χ4n) is 2.45. The van der Waals surface area contributed by atoms with Gasteiger partial charge in [-0.1, -0.05) is 24.3 Å². The number of nitrogens with zero attached hydrogens (tertiary/aromatic N) is 1. The number of H-pyrrole nitrogens is 1. The molecule has 3 rings (SSSR count). The van der Waals surface area contributed by atoms with Gasteiger partial charge in [0, 0.05) is 11.6 Å². The number of benzene rings is 2. The maximum absolute atomic E-state index is 12.5. The molecule has 2 aromatic carbocycles. The number of nitrogens with two attached hydrogens (primary N) is 1. The molecule has 3 aromatic rings. The van der Waals surface area contributed by atoms with Crippen molar-refractivity contribution in [1.29, 1.82) is 0 Å². The van der Waals surface area contributed by atoms with Gasteiger partial charge in [0.25, 0.3) is 15.9 Å². The van der Waals surface area contributed by atoms with E-state index in [2.05, 4.69) is 14.9 Å². The summed E-state index contributed by atoms with van der Waals surface area (Å²) in [6.07, 6.45) is 0. The minimum Gasteiger partial charge on any atom is -0.484 e. The van der Waals surface area contributed by atoms with Crippen LogP contribution in [0.25, 0.3) is 11.3 Å². The second-order valence-corrected chi connectivity index (χ2v) is 7.50. The molecule has 1 aromatic heterocycles. The molecule has 0 aliphatic heterocycles. The van der Waals surface area contributed by atoms with E-state index < -0.39 is 15.9 Å². The van der Waals surface area contributed by atoms with Gasteiger partial charge in [-0.05, 0) is 36.8 Å². The van der Waals surface area contributed by atoms with Crippen molar-refractivity contribution in [1.82, 2.24) is 10.2 Å². The Kier molecular flexibility index (Phi) is 5.13. The van der Waals surface area contributed by atoms with Gasteiger partial charge in [-0.2, -0.15) is 5.10 Å². The molecule has 140 valence electrons. The Bertz CT molecular complexity index is 1060. The normalized spacial score (nSPS) is 11.1. The molecule has 0 radical (unpaired) electrons. The van der Waals surface area contributed by atoms with Gasteiger partial charge in [0.15, 0.2) is 12.4 Å². The van der Waals surface area contributed by atoms with Gasteiger partial charge in [0.05, 0.1) is 10.6 Å². The lowest BCUT2D eigenvalue weighted by molar-refractivity contribution is -0.119. The Morgan fingerprint density at radius 1 is 1.19 bits per heavy atom. The quantitative estimate of drug-likeness (QED) is 0.573. The van der Waals surface area contributed by atoms with Crippen LogP contribution < -0.4 is 15.2 Å². The molecule has 1 amide bonds. The van der Waals surface area contributed by atoms with Crippen molar-refractivity contribution in [3.63, 3.8) is 0 Å². The van der Waals surface area contributed by atoms with E-state index in [0.717, 1.165) is 11.1 Å². The number of amides is 1. The molecular weight excluding hydrogens is 368 g/mol. The third-order valence-electron chi connectivity index (χ3n) is 3.77. The van der Waals surface area contributed by atoms with Gasteiger partial charge in [-0.25, -0.2) is 8.42 Å². The molecule has 9 heteroatoms. The lowest BCUT2D eigenvalue weighted by atomic mass is 10.1. The Labute approximate surface area is 156 Å². The number of aryl methyl sites for hydroxylation is 1. The highest BCUT2D eigenvalue weighted by molar-refractivity contribution is 7.92. The van der Waals surface area contributed by atoms with Crippen LogP contribution in [0.3, 0.4) is 0 Å². The summed E-state index contributed by atoms with van der Waals surface area (Å²) in [5.41, 5.74) is 7.69. The van der Waals surface area contributed by atoms with Gasteiger partial charge in [0.2, 0.25) is 0 Å². The summed E-state index contributed by atoms with van der Waals surface area (Å²) < 4.78 is 32.6. The molecular formula is C18H18N4O4S. The zero-order valence-corrected chi connectivity index (χ0v) is 15.3. The highest BCUT2D eigenvalue weighted by atomic mass is 32.2. The van der Waals surface area contributed by atoms with Crippen LogP contribution in [0.4, 0.5) is 5.82 Å². The molecule has 0 fully saturated rings. The maximum Gasteiger partial charge on any atom is 0.263 e. The van der Waals surface area contributed by atoms with E-state index >= 15 is 0 Å². The molecule has 0 aliphatic carbocycles. The second-order valence-electron chi connectivity index (χ2n) is 5.81. The number of nitrogens with one attached hydrogen (secondary N) is 2. The van der Waals surface area contributed by atoms with Gasteiger partial charge in [-0.15, -0.1) is 0 Å². The number of aromatic nitrogens is 2. The Morgan fingerprint density at radius 2 is 1.89 bits per heavy atom. The van der Waals surface area contributed by atoms with E-state index in [1.54, 1.807) is 6.07 Å². The van der Waals surface area contributed by atoms with Crippen LogP contribution in [-0.2, 0) is 14.8 Å². The van der Waals surface area contributed by atoms with E-state index in [-0.39, 0.29) is 17.3 Å². The zero-order valence-electron chi connectivity index (χ0n) is 14.5. The van der Waals surface area contributed by atoms with E-state index in [1.165, 1.54) is 24.3 Å². The van der Waals surface area contributed by atoms with Crippen LogP contribution in [0, 0.1) is 6.92 Å². The van der Waals surface area contributed by atoms with Crippen molar-refractivity contribution in [2.24, 2.45) is 5.73 Å². The molecule has 0 spiro atoms. The molecule has 0 atom stereocenters. The van der Waals surface area contributed by atoms with Crippen LogP contribution in [-0.4, -0.2) is 31.1 Å². The van der Waals surface area contributed by atoms with Crippen molar-refractivity contribution in [2.45, 2.75) is 11.8 Å². The molecule has 0 unspecified atom stereocenters. The first-order chi connectivity index (χ1) is 12.8. The number of anilines is 1. The highest BCUT2D eigenvalue weighted by Crippen LogP contribution is 2.24. The largest absolute Gasteiger partial charge is 0.484 e. The summed E-state index contributed by atoms with van der Waals surface area (Å²) in [6, 6.07) is 15.0. The third-order valence-corrected chi connectivity index (χ3v) is 5.14. The lowest BCUT2D eigenvalue weighted by Gasteiger charge is -2.07. The zero-order chi connectivity index (χ0) is 19.4. The maximum atomic E-state index is 12.5. The van der Waals surface area contributed by atoms with E-state index in [1.807, 2.05) is 31.2 Å². The predicted molar refractivity (Wildman–Crippen MR) is 101 cm³/mol. The van der Waals surface area contributed by atoms with Crippen molar-refractivity contribution in [3.05, 3.63) is 60.2 Å². The van der Waals surface area contributed by atoms with Crippen LogP contribution >= 0.6 is 0 Å².